The van der Waals surface area contributed by atoms with Crippen LogP contribution >= 0.6 is 11.6 Å². The van der Waals surface area contributed by atoms with E-state index in [1.165, 1.54) is 17.0 Å². The van der Waals surface area contributed by atoms with Crippen LogP contribution in [0.25, 0.3) is 16.7 Å². The Balaban J connectivity index is 1.53. The monoisotopic (exact) mass is 547 g/mol. The molecule has 15 heteroatoms. The maximum absolute atomic E-state index is 13.5. The van der Waals surface area contributed by atoms with Crippen LogP contribution in [0.15, 0.2) is 41.8 Å². The molecule has 0 aliphatic carbocycles. The zero-order valence-electron chi connectivity index (χ0n) is 20.5. The highest BCUT2D eigenvalue weighted by atomic mass is 35.5. The molecular formula is C23H21ClF3N9O2. The lowest BCUT2D eigenvalue weighted by atomic mass is 10.2. The van der Waals surface area contributed by atoms with Crippen LogP contribution in [-0.2, 0) is 13.2 Å². The average Bonchev–Trinajstić information content (AvgIpc) is 3.41. The van der Waals surface area contributed by atoms with Crippen LogP contribution in [0.1, 0.15) is 25.5 Å². The second-order valence-corrected chi connectivity index (χ2v) is 9.02. The lowest BCUT2D eigenvalue weighted by Gasteiger charge is -2.16. The van der Waals surface area contributed by atoms with Crippen molar-refractivity contribution in [2.75, 3.05) is 17.7 Å². The number of halogens is 4. The van der Waals surface area contributed by atoms with Gasteiger partial charge in [0.25, 0.3) is 5.56 Å². The first-order chi connectivity index (χ1) is 18.0. The molecule has 0 saturated carbocycles. The zero-order chi connectivity index (χ0) is 27.4. The topological polar surface area (TPSA) is 116 Å². The number of imidazole rings is 1. The summed E-state index contributed by atoms with van der Waals surface area (Å²) >= 11 is 6.64. The normalized spacial score (nSPS) is 12.0. The van der Waals surface area contributed by atoms with E-state index in [-0.39, 0.29) is 28.1 Å². The van der Waals surface area contributed by atoms with Crippen LogP contribution in [0.4, 0.5) is 30.6 Å². The summed E-state index contributed by atoms with van der Waals surface area (Å²) in [6.07, 6.45) is 2.29. The lowest BCUT2D eigenvalue weighted by molar-refractivity contribution is -0.138. The highest BCUT2D eigenvalue weighted by molar-refractivity contribution is 6.36. The molecule has 0 saturated heterocycles. The molecule has 0 unspecified atom stereocenters. The maximum Gasteiger partial charge on any atom is 0.417 e. The molecule has 11 nitrogen and oxygen atoms in total. The molecule has 5 aromatic heterocycles. The predicted molar refractivity (Wildman–Crippen MR) is 135 cm³/mol. The van der Waals surface area contributed by atoms with Gasteiger partial charge in [0.1, 0.15) is 27.6 Å². The number of alkyl halides is 3. The van der Waals surface area contributed by atoms with E-state index in [9.17, 15) is 18.0 Å². The molecule has 38 heavy (non-hydrogen) atoms. The standard InChI is InChI=1S/C23H21ClF3N9O2/c1-11(2)35-9-12(23(25,26)27)5-13(21(35)37)32-22-33-20-19(34(22)4)18(24)16(7-30-20)38-15-8-31-36-10-17(28-3)29-6-14(15)36/h5-11,28H,1-4H3,(H,30,32,33). The van der Waals surface area contributed by atoms with E-state index in [2.05, 4.69) is 30.7 Å². The average molecular weight is 548 g/mol. The minimum Gasteiger partial charge on any atom is -0.450 e. The molecule has 0 amide bonds. The van der Waals surface area contributed by atoms with Crippen molar-refractivity contribution < 1.29 is 17.9 Å². The third-order valence-corrected chi connectivity index (χ3v) is 6.19. The molecule has 0 radical (unpaired) electrons. The number of aromatic nitrogens is 7. The Kier molecular flexibility index (Phi) is 6.13. The number of rotatable bonds is 6. The van der Waals surface area contributed by atoms with Crippen LogP contribution in [-0.4, -0.2) is 40.7 Å². The molecular weight excluding hydrogens is 527 g/mol. The Labute approximate surface area is 217 Å². The summed E-state index contributed by atoms with van der Waals surface area (Å²) in [6, 6.07) is 0.254. The van der Waals surface area contributed by atoms with E-state index in [1.807, 2.05) is 0 Å². The summed E-state index contributed by atoms with van der Waals surface area (Å²) < 4.78 is 50.5. The number of ether oxygens (including phenoxy) is 1. The Morgan fingerprint density at radius 3 is 2.55 bits per heavy atom. The van der Waals surface area contributed by atoms with Crippen molar-refractivity contribution in [2.24, 2.45) is 7.05 Å². The van der Waals surface area contributed by atoms with Crippen molar-refractivity contribution in [3.05, 3.63) is 58.0 Å². The fourth-order valence-corrected chi connectivity index (χ4v) is 4.13. The minimum absolute atomic E-state index is 0.0676. The van der Waals surface area contributed by atoms with Gasteiger partial charge in [0, 0.05) is 26.3 Å². The van der Waals surface area contributed by atoms with Crippen molar-refractivity contribution in [1.82, 2.24) is 33.7 Å². The number of anilines is 3. The van der Waals surface area contributed by atoms with Gasteiger partial charge in [-0.05, 0) is 19.9 Å². The number of nitrogens with one attached hydrogen (secondary N) is 2. The Hall–Kier alpha value is -4.33. The first-order valence-electron chi connectivity index (χ1n) is 11.3. The molecule has 0 atom stereocenters. The van der Waals surface area contributed by atoms with Gasteiger partial charge in [0.2, 0.25) is 5.95 Å². The van der Waals surface area contributed by atoms with Gasteiger partial charge in [0.05, 0.1) is 30.4 Å². The lowest BCUT2D eigenvalue weighted by Crippen LogP contribution is -2.26. The van der Waals surface area contributed by atoms with Crippen molar-refractivity contribution in [1.29, 1.82) is 0 Å². The number of aryl methyl sites for hydroxylation is 1. The predicted octanol–water partition coefficient (Wildman–Crippen LogP) is 5.00. The first kappa shape index (κ1) is 25.3. The van der Waals surface area contributed by atoms with Crippen LogP contribution in [0.2, 0.25) is 5.02 Å². The highest BCUT2D eigenvalue weighted by Crippen LogP contribution is 2.37. The molecule has 5 aromatic rings. The Morgan fingerprint density at radius 2 is 1.87 bits per heavy atom. The van der Waals surface area contributed by atoms with Gasteiger partial charge >= 0.3 is 6.18 Å². The van der Waals surface area contributed by atoms with Crippen LogP contribution in [0, 0.1) is 0 Å². The van der Waals surface area contributed by atoms with Gasteiger partial charge in [-0.2, -0.15) is 23.3 Å². The second-order valence-electron chi connectivity index (χ2n) is 8.64. The second kappa shape index (κ2) is 9.20. The van der Waals surface area contributed by atoms with Crippen LogP contribution in [0.5, 0.6) is 11.5 Å². The van der Waals surface area contributed by atoms with E-state index in [1.54, 1.807) is 44.9 Å². The summed E-state index contributed by atoms with van der Waals surface area (Å²) in [6.45, 7) is 3.23. The van der Waals surface area contributed by atoms with Gasteiger partial charge in [-0.1, -0.05) is 11.6 Å². The Morgan fingerprint density at radius 1 is 1.11 bits per heavy atom. The van der Waals surface area contributed by atoms with E-state index in [0.29, 0.717) is 22.6 Å². The van der Waals surface area contributed by atoms with Gasteiger partial charge < -0.3 is 24.5 Å². The molecule has 2 N–H and O–H groups in total. The molecule has 0 fully saturated rings. The first-order valence-corrected chi connectivity index (χ1v) is 11.7. The summed E-state index contributed by atoms with van der Waals surface area (Å²) in [5, 5.41) is 10.0. The molecule has 5 rings (SSSR count). The summed E-state index contributed by atoms with van der Waals surface area (Å²) in [4.78, 5) is 25.7. The van der Waals surface area contributed by atoms with Gasteiger partial charge in [0.15, 0.2) is 17.1 Å². The summed E-state index contributed by atoms with van der Waals surface area (Å²) in [7, 11) is 3.32. The van der Waals surface area contributed by atoms with Crippen molar-refractivity contribution in [3.63, 3.8) is 0 Å². The quantitative estimate of drug-likeness (QED) is 0.305. The Bertz CT molecular complexity index is 1740. The molecule has 0 spiro atoms. The van der Waals surface area contributed by atoms with E-state index < -0.39 is 23.3 Å². The SMILES string of the molecule is CNc1cn2ncc(Oc3cnc4nc(Nc5cc(C(F)(F)F)cn(C(C)C)c5=O)n(C)c4c3Cl)c2cn1. The molecule has 0 aliphatic heterocycles. The maximum atomic E-state index is 13.5. The van der Waals surface area contributed by atoms with Gasteiger partial charge in [-0.15, -0.1) is 0 Å². The fraction of sp³-hybridized carbons (Fsp3) is 0.261. The number of hydrogen-bond acceptors (Lipinski definition) is 8. The third-order valence-electron chi connectivity index (χ3n) is 5.82. The number of hydrogen-bond donors (Lipinski definition) is 2. The van der Waals surface area contributed by atoms with E-state index >= 15 is 0 Å². The largest absolute Gasteiger partial charge is 0.450 e. The van der Waals surface area contributed by atoms with Crippen molar-refractivity contribution in [3.8, 4) is 11.5 Å². The van der Waals surface area contributed by atoms with Crippen LogP contribution < -0.4 is 20.9 Å². The van der Waals surface area contributed by atoms with Gasteiger partial charge in [-0.3, -0.25) is 4.79 Å². The molecule has 5 heterocycles. The zero-order valence-corrected chi connectivity index (χ0v) is 21.3. The van der Waals surface area contributed by atoms with Crippen molar-refractivity contribution in [2.45, 2.75) is 26.1 Å². The van der Waals surface area contributed by atoms with Gasteiger partial charge in [-0.25, -0.2) is 14.5 Å². The summed E-state index contributed by atoms with van der Waals surface area (Å²) in [5.41, 5.74) is -0.772. The molecule has 0 bridgehead atoms. The third kappa shape index (κ3) is 4.36. The van der Waals surface area contributed by atoms with Crippen molar-refractivity contribution >= 4 is 45.7 Å². The molecule has 198 valence electrons. The molecule has 0 aromatic carbocycles. The number of pyridine rings is 2. The number of nitrogens with zero attached hydrogens (tertiary/aromatic N) is 7. The fourth-order valence-electron chi connectivity index (χ4n) is 3.83. The van der Waals surface area contributed by atoms with E-state index in [4.69, 9.17) is 16.3 Å². The smallest absolute Gasteiger partial charge is 0.417 e. The number of fused-ring (bicyclic) bond motifs is 2. The molecule has 0 aliphatic rings. The minimum atomic E-state index is -4.65. The highest BCUT2D eigenvalue weighted by Gasteiger charge is 2.33. The van der Waals surface area contributed by atoms with E-state index in [0.717, 1.165) is 16.8 Å². The summed E-state index contributed by atoms with van der Waals surface area (Å²) in [5.74, 6) is 1.26. The van der Waals surface area contributed by atoms with Crippen LogP contribution in [0.3, 0.4) is 0 Å².